The van der Waals surface area contributed by atoms with Crippen LogP contribution < -0.4 is 5.32 Å². The number of imidazole rings is 1. The van der Waals surface area contributed by atoms with Gasteiger partial charge in [0.1, 0.15) is 24.6 Å². The highest BCUT2D eigenvalue weighted by molar-refractivity contribution is 5.85. The molecule has 0 radical (unpaired) electrons. The Hall–Kier alpha value is -2.59. The number of aliphatic hydroxyl groups is 3. The van der Waals surface area contributed by atoms with Crippen LogP contribution in [0.25, 0.3) is 11.2 Å². The standard InChI is InChI=1S/C17H19N5O4/c1-9-4-2-3-5-10(9)21-15-12-16(19-7-18-15)22(8-20-12)17-14(25)13(24)11(6-23)26-17/h2-5,7-8,11,13-14,17,23-25H,6H2,1H3,(H,18,19,21)/t11-,13-,14-,17?/m1/s1. The minimum absolute atomic E-state index is 0.392. The van der Waals surface area contributed by atoms with Crippen LogP contribution in [0.5, 0.6) is 0 Å². The molecule has 4 atom stereocenters. The first-order valence-corrected chi connectivity index (χ1v) is 8.23. The molecular weight excluding hydrogens is 338 g/mol. The lowest BCUT2D eigenvalue weighted by atomic mass is 10.1. The molecule has 4 N–H and O–H groups in total. The summed E-state index contributed by atoms with van der Waals surface area (Å²) in [5.41, 5.74) is 2.91. The summed E-state index contributed by atoms with van der Waals surface area (Å²) in [5.74, 6) is 0.523. The van der Waals surface area contributed by atoms with Gasteiger partial charge in [0.15, 0.2) is 23.2 Å². The normalized spacial score (nSPS) is 25.7. The molecule has 1 aliphatic rings. The first-order valence-electron chi connectivity index (χ1n) is 8.23. The SMILES string of the molecule is Cc1ccccc1Nc1ncnc2c1ncn2C1O[C@H](CO)[C@@H](O)[C@H]1O. The zero-order valence-electron chi connectivity index (χ0n) is 14.0. The number of aromatic nitrogens is 4. The molecule has 3 heterocycles. The molecule has 1 unspecified atom stereocenters. The number of ether oxygens (including phenoxy) is 1. The van der Waals surface area contributed by atoms with Gasteiger partial charge in [0.25, 0.3) is 0 Å². The number of benzene rings is 1. The van der Waals surface area contributed by atoms with E-state index in [9.17, 15) is 15.3 Å². The quantitative estimate of drug-likeness (QED) is 0.532. The van der Waals surface area contributed by atoms with E-state index < -0.39 is 31.1 Å². The second kappa shape index (κ2) is 6.61. The molecule has 0 bridgehead atoms. The molecule has 0 aliphatic carbocycles. The molecular formula is C17H19N5O4. The van der Waals surface area contributed by atoms with Crippen LogP contribution in [-0.4, -0.2) is 59.8 Å². The maximum atomic E-state index is 10.2. The van der Waals surface area contributed by atoms with Gasteiger partial charge >= 0.3 is 0 Å². The third kappa shape index (κ3) is 2.71. The molecule has 26 heavy (non-hydrogen) atoms. The van der Waals surface area contributed by atoms with Gasteiger partial charge in [-0.3, -0.25) is 4.57 Å². The highest BCUT2D eigenvalue weighted by Gasteiger charge is 2.44. The van der Waals surface area contributed by atoms with Crippen LogP contribution in [0.4, 0.5) is 11.5 Å². The maximum Gasteiger partial charge on any atom is 0.167 e. The van der Waals surface area contributed by atoms with Crippen molar-refractivity contribution in [3.05, 3.63) is 42.5 Å². The van der Waals surface area contributed by atoms with Crippen LogP contribution in [0.15, 0.2) is 36.9 Å². The summed E-state index contributed by atoms with van der Waals surface area (Å²) in [6.45, 7) is 1.59. The first kappa shape index (κ1) is 16.9. The smallest absolute Gasteiger partial charge is 0.167 e. The second-order valence-corrected chi connectivity index (χ2v) is 6.22. The van der Waals surface area contributed by atoms with E-state index in [1.165, 1.54) is 17.2 Å². The summed E-state index contributed by atoms with van der Waals surface area (Å²) in [6, 6.07) is 7.79. The van der Waals surface area contributed by atoms with E-state index >= 15 is 0 Å². The molecule has 9 nitrogen and oxygen atoms in total. The minimum atomic E-state index is -1.20. The highest BCUT2D eigenvalue weighted by atomic mass is 16.6. The summed E-state index contributed by atoms with van der Waals surface area (Å²) in [5, 5.41) is 32.7. The summed E-state index contributed by atoms with van der Waals surface area (Å²) < 4.78 is 7.09. The van der Waals surface area contributed by atoms with Crippen LogP contribution in [0.2, 0.25) is 0 Å². The van der Waals surface area contributed by atoms with Crippen molar-refractivity contribution >= 4 is 22.7 Å². The zero-order chi connectivity index (χ0) is 18.3. The highest BCUT2D eigenvalue weighted by Crippen LogP contribution is 2.32. The van der Waals surface area contributed by atoms with Crippen LogP contribution in [-0.2, 0) is 4.74 Å². The lowest BCUT2D eigenvalue weighted by molar-refractivity contribution is -0.0511. The average molecular weight is 357 g/mol. The number of hydrogen-bond donors (Lipinski definition) is 4. The van der Waals surface area contributed by atoms with Gasteiger partial charge in [-0.05, 0) is 18.6 Å². The van der Waals surface area contributed by atoms with Gasteiger partial charge in [-0.15, -0.1) is 0 Å². The van der Waals surface area contributed by atoms with Gasteiger partial charge in [-0.25, -0.2) is 15.0 Å². The molecule has 0 spiro atoms. The number of hydrogen-bond acceptors (Lipinski definition) is 8. The van der Waals surface area contributed by atoms with Gasteiger partial charge in [0.2, 0.25) is 0 Å². The Morgan fingerprint density at radius 2 is 1.96 bits per heavy atom. The third-order valence-corrected chi connectivity index (χ3v) is 4.55. The minimum Gasteiger partial charge on any atom is -0.394 e. The summed E-state index contributed by atoms with van der Waals surface area (Å²) >= 11 is 0. The first-order chi connectivity index (χ1) is 12.6. The van der Waals surface area contributed by atoms with Crippen molar-refractivity contribution in [3.63, 3.8) is 0 Å². The van der Waals surface area contributed by atoms with Crippen molar-refractivity contribution in [2.24, 2.45) is 0 Å². The summed E-state index contributed by atoms with van der Waals surface area (Å²) in [4.78, 5) is 12.8. The average Bonchev–Trinajstić information content (AvgIpc) is 3.19. The monoisotopic (exact) mass is 357 g/mol. The van der Waals surface area contributed by atoms with Crippen molar-refractivity contribution in [2.45, 2.75) is 31.5 Å². The fourth-order valence-electron chi connectivity index (χ4n) is 3.08. The Kier molecular flexibility index (Phi) is 4.29. The summed E-state index contributed by atoms with van der Waals surface area (Å²) in [6.07, 6.45) is -1.28. The Balaban J connectivity index is 1.71. The molecule has 1 aromatic carbocycles. The number of aliphatic hydroxyl groups excluding tert-OH is 3. The van der Waals surface area contributed by atoms with Crippen molar-refractivity contribution in [2.75, 3.05) is 11.9 Å². The molecule has 1 aliphatic heterocycles. The van der Waals surface area contributed by atoms with Crippen LogP contribution in [0.1, 0.15) is 11.8 Å². The van der Waals surface area contributed by atoms with Crippen molar-refractivity contribution in [1.82, 2.24) is 19.5 Å². The molecule has 1 fully saturated rings. The van der Waals surface area contributed by atoms with Crippen molar-refractivity contribution in [3.8, 4) is 0 Å². The number of nitrogens with zero attached hydrogens (tertiary/aromatic N) is 4. The molecule has 0 amide bonds. The van der Waals surface area contributed by atoms with Crippen LogP contribution in [0.3, 0.4) is 0 Å². The Morgan fingerprint density at radius 1 is 1.15 bits per heavy atom. The molecule has 3 aromatic rings. The Morgan fingerprint density at radius 3 is 2.69 bits per heavy atom. The van der Waals surface area contributed by atoms with E-state index in [4.69, 9.17) is 4.74 Å². The predicted octanol–water partition coefficient (Wildman–Crippen LogP) is 0.490. The predicted molar refractivity (Wildman–Crippen MR) is 92.8 cm³/mol. The fraction of sp³-hybridized carbons (Fsp3) is 0.353. The lowest BCUT2D eigenvalue weighted by Crippen LogP contribution is -2.33. The van der Waals surface area contributed by atoms with Gasteiger partial charge < -0.3 is 25.4 Å². The molecule has 9 heteroatoms. The number of nitrogens with one attached hydrogen (secondary N) is 1. The van der Waals surface area contributed by atoms with E-state index in [0.29, 0.717) is 17.0 Å². The number of aryl methyl sites for hydroxylation is 1. The van der Waals surface area contributed by atoms with E-state index in [0.717, 1.165) is 11.3 Å². The van der Waals surface area contributed by atoms with Gasteiger partial charge in [0.05, 0.1) is 12.9 Å². The van der Waals surface area contributed by atoms with Crippen LogP contribution >= 0.6 is 0 Å². The number of rotatable bonds is 4. The fourth-order valence-corrected chi connectivity index (χ4v) is 3.08. The van der Waals surface area contributed by atoms with Crippen LogP contribution in [0, 0.1) is 6.92 Å². The Bertz CT molecular complexity index is 930. The Labute approximate surface area is 148 Å². The second-order valence-electron chi connectivity index (χ2n) is 6.22. The van der Waals surface area contributed by atoms with Gasteiger partial charge in [-0.1, -0.05) is 18.2 Å². The molecule has 2 aromatic heterocycles. The van der Waals surface area contributed by atoms with E-state index in [2.05, 4.69) is 20.3 Å². The largest absolute Gasteiger partial charge is 0.394 e. The summed E-state index contributed by atoms with van der Waals surface area (Å²) in [7, 11) is 0. The maximum absolute atomic E-state index is 10.2. The molecule has 0 saturated carbocycles. The van der Waals surface area contributed by atoms with E-state index in [-0.39, 0.29) is 0 Å². The number of fused-ring (bicyclic) bond motifs is 1. The zero-order valence-corrected chi connectivity index (χ0v) is 14.0. The van der Waals surface area contributed by atoms with Crippen molar-refractivity contribution in [1.29, 1.82) is 0 Å². The van der Waals surface area contributed by atoms with Gasteiger partial charge in [-0.2, -0.15) is 0 Å². The molecule has 1 saturated heterocycles. The third-order valence-electron chi connectivity index (χ3n) is 4.55. The topological polar surface area (TPSA) is 126 Å². The van der Waals surface area contributed by atoms with E-state index in [1.54, 1.807) is 0 Å². The lowest BCUT2D eigenvalue weighted by Gasteiger charge is -2.16. The molecule has 4 rings (SSSR count). The van der Waals surface area contributed by atoms with E-state index in [1.807, 2.05) is 31.2 Å². The number of anilines is 2. The van der Waals surface area contributed by atoms with Gasteiger partial charge in [0, 0.05) is 5.69 Å². The molecule has 136 valence electrons. The van der Waals surface area contributed by atoms with Crippen molar-refractivity contribution < 1.29 is 20.1 Å². The number of para-hydroxylation sites is 1.